The van der Waals surface area contributed by atoms with Crippen LogP contribution in [0.2, 0.25) is 0 Å². The molecule has 0 amide bonds. The number of nitrogens with zero attached hydrogens (tertiary/aromatic N) is 1. The minimum atomic E-state index is -2.74. The van der Waals surface area contributed by atoms with Crippen molar-refractivity contribution in [1.29, 1.82) is 0 Å². The van der Waals surface area contributed by atoms with E-state index in [4.69, 9.17) is 26.8 Å². The van der Waals surface area contributed by atoms with Gasteiger partial charge in [-0.1, -0.05) is 36.3 Å². The minimum absolute atomic E-state index is 0.494. The number of aliphatic carboxylic acids is 3. The predicted octanol–water partition coefficient (Wildman–Crippen LogP) is 0.934. The van der Waals surface area contributed by atoms with Gasteiger partial charge in [-0.3, -0.25) is 14.5 Å². The Bertz CT molecular complexity index is 650. The summed E-state index contributed by atoms with van der Waals surface area (Å²) < 4.78 is 0. The van der Waals surface area contributed by atoms with Crippen LogP contribution in [0.25, 0.3) is 0 Å². The van der Waals surface area contributed by atoms with Crippen molar-refractivity contribution < 1.29 is 34.8 Å². The Morgan fingerprint density at radius 2 is 1.59 bits per heavy atom. The molecule has 0 radical (unpaired) electrons. The van der Waals surface area contributed by atoms with Gasteiger partial charge in [0.05, 0.1) is 19.4 Å². The largest absolute Gasteiger partial charge is 0.481 e. The molecule has 1 aromatic carbocycles. The first-order valence-corrected chi connectivity index (χ1v) is 8.08. The molecule has 0 aromatic heterocycles. The van der Waals surface area contributed by atoms with Crippen LogP contribution in [0.4, 0.5) is 0 Å². The van der Waals surface area contributed by atoms with Crippen molar-refractivity contribution in [1.82, 2.24) is 4.90 Å². The van der Waals surface area contributed by atoms with Crippen LogP contribution in [0.15, 0.2) is 30.3 Å². The van der Waals surface area contributed by atoms with Gasteiger partial charge in [0.15, 0.2) is 5.60 Å². The highest BCUT2D eigenvalue weighted by Gasteiger charge is 2.40. The first-order chi connectivity index (χ1) is 12.5. The Kier molecular flexibility index (Phi) is 10.4. The maximum atomic E-state index is 10.3. The van der Waals surface area contributed by atoms with Crippen LogP contribution in [0, 0.1) is 12.3 Å². The lowest BCUT2D eigenvalue weighted by molar-refractivity contribution is -0.170. The number of carboxylic acids is 3. The van der Waals surface area contributed by atoms with Crippen LogP contribution in [0.3, 0.4) is 0 Å². The fourth-order valence-electron chi connectivity index (χ4n) is 2.12. The zero-order valence-electron chi connectivity index (χ0n) is 15.3. The Morgan fingerprint density at radius 1 is 1.11 bits per heavy atom. The quantitative estimate of drug-likeness (QED) is 0.466. The van der Waals surface area contributed by atoms with Crippen molar-refractivity contribution in [3.63, 3.8) is 0 Å². The summed E-state index contributed by atoms with van der Waals surface area (Å²) in [7, 11) is 2.06. The molecule has 0 saturated heterocycles. The zero-order chi connectivity index (χ0) is 21.0. The molecule has 0 bridgehead atoms. The number of aliphatic hydroxyl groups is 1. The second kappa shape index (κ2) is 11.7. The second-order valence-electron chi connectivity index (χ2n) is 6.14. The van der Waals surface area contributed by atoms with E-state index in [-0.39, 0.29) is 0 Å². The summed E-state index contributed by atoms with van der Waals surface area (Å²) in [5.74, 6) is -2.36. The van der Waals surface area contributed by atoms with Crippen molar-refractivity contribution in [2.45, 2.75) is 37.8 Å². The van der Waals surface area contributed by atoms with E-state index in [2.05, 4.69) is 49.1 Å². The van der Waals surface area contributed by atoms with Crippen LogP contribution >= 0.6 is 0 Å². The molecule has 1 aromatic rings. The molecule has 8 nitrogen and oxygen atoms in total. The number of hydrogen-bond acceptors (Lipinski definition) is 5. The van der Waals surface area contributed by atoms with Gasteiger partial charge in [-0.05, 0) is 26.0 Å². The van der Waals surface area contributed by atoms with Crippen molar-refractivity contribution >= 4 is 17.9 Å². The van der Waals surface area contributed by atoms with E-state index in [1.165, 1.54) is 5.56 Å². The van der Waals surface area contributed by atoms with Crippen LogP contribution < -0.4 is 0 Å². The van der Waals surface area contributed by atoms with Crippen molar-refractivity contribution in [3.8, 4) is 12.3 Å². The van der Waals surface area contributed by atoms with Gasteiger partial charge in [-0.2, -0.15) is 0 Å². The Balaban J connectivity index is 0.000000503. The van der Waals surface area contributed by atoms with E-state index in [0.29, 0.717) is 12.6 Å². The van der Waals surface area contributed by atoms with E-state index in [0.717, 1.165) is 6.42 Å². The standard InChI is InChI=1S/C13H17N.C6H8O7/c1-4-10-14(3)12(2)11-13-8-6-5-7-9-13;7-3(8)1-6(13,5(11)12)2-4(9)10/h1,5-9,12H,10-11H2,2-3H3;13H,1-2H2,(H,7,8)(H,9,10)(H,11,12)/t12-;/m1./s1. The fourth-order valence-corrected chi connectivity index (χ4v) is 2.12. The van der Waals surface area contributed by atoms with Gasteiger partial charge in [0.1, 0.15) is 0 Å². The van der Waals surface area contributed by atoms with Gasteiger partial charge >= 0.3 is 17.9 Å². The van der Waals surface area contributed by atoms with Gasteiger partial charge in [0.25, 0.3) is 0 Å². The first kappa shape index (κ1) is 24.1. The van der Waals surface area contributed by atoms with Gasteiger partial charge < -0.3 is 20.4 Å². The molecule has 0 saturated carbocycles. The van der Waals surface area contributed by atoms with Crippen LogP contribution in [0.1, 0.15) is 25.3 Å². The summed E-state index contributed by atoms with van der Waals surface area (Å²) in [5.41, 5.74) is -1.37. The van der Waals surface area contributed by atoms with Gasteiger partial charge in [-0.25, -0.2) is 4.79 Å². The molecule has 0 unspecified atom stereocenters. The number of rotatable bonds is 9. The molecule has 148 valence electrons. The topological polar surface area (TPSA) is 135 Å². The summed E-state index contributed by atoms with van der Waals surface area (Å²) in [5, 5.41) is 33.8. The Hall–Kier alpha value is -2.89. The summed E-state index contributed by atoms with van der Waals surface area (Å²) in [6.07, 6.45) is 4.04. The maximum absolute atomic E-state index is 10.3. The highest BCUT2D eigenvalue weighted by Crippen LogP contribution is 2.15. The molecule has 8 heteroatoms. The normalized spacial score (nSPS) is 11.7. The highest BCUT2D eigenvalue weighted by molar-refractivity contribution is 5.88. The lowest BCUT2D eigenvalue weighted by Gasteiger charge is -2.22. The molecular weight excluding hydrogens is 354 g/mol. The molecule has 27 heavy (non-hydrogen) atoms. The molecular formula is C19H25NO7. The molecule has 4 N–H and O–H groups in total. The molecule has 1 atom stereocenters. The summed E-state index contributed by atoms with van der Waals surface area (Å²) >= 11 is 0. The summed E-state index contributed by atoms with van der Waals surface area (Å²) in [6, 6.07) is 11.0. The SMILES string of the molecule is C#CCN(C)[C@H](C)Cc1ccccc1.O=C(O)CC(O)(CC(=O)O)C(=O)O. The number of carboxylic acid groups (broad SMARTS) is 3. The van der Waals surface area contributed by atoms with Crippen molar-refractivity contribution in [3.05, 3.63) is 35.9 Å². The average molecular weight is 379 g/mol. The fraction of sp³-hybridized carbons (Fsp3) is 0.421. The molecule has 0 aliphatic rings. The average Bonchev–Trinajstić information content (AvgIpc) is 2.55. The third-order valence-electron chi connectivity index (χ3n) is 3.75. The van der Waals surface area contributed by atoms with Crippen LogP contribution in [0.5, 0.6) is 0 Å². The smallest absolute Gasteiger partial charge is 0.336 e. The Labute approximate surface area is 158 Å². The first-order valence-electron chi connectivity index (χ1n) is 8.08. The lowest BCUT2D eigenvalue weighted by atomic mass is 9.96. The monoisotopic (exact) mass is 379 g/mol. The second-order valence-corrected chi connectivity index (χ2v) is 6.14. The molecule has 1 rings (SSSR count). The number of hydrogen-bond donors (Lipinski definition) is 4. The zero-order valence-corrected chi connectivity index (χ0v) is 15.3. The van der Waals surface area contributed by atoms with E-state index in [9.17, 15) is 14.4 Å². The molecule has 0 aliphatic carbocycles. The predicted molar refractivity (Wildman–Crippen MR) is 98.2 cm³/mol. The summed E-state index contributed by atoms with van der Waals surface area (Å²) in [6.45, 7) is 2.92. The third-order valence-corrected chi connectivity index (χ3v) is 3.75. The maximum Gasteiger partial charge on any atom is 0.336 e. The van der Waals surface area contributed by atoms with Crippen molar-refractivity contribution in [2.75, 3.05) is 13.6 Å². The number of terminal acetylenes is 1. The van der Waals surface area contributed by atoms with E-state index in [1.807, 2.05) is 6.07 Å². The van der Waals surface area contributed by atoms with Gasteiger partial charge in [0, 0.05) is 6.04 Å². The lowest BCUT2D eigenvalue weighted by Crippen LogP contribution is -2.42. The number of carbonyl (C=O) groups is 3. The molecule has 0 heterocycles. The molecule has 0 spiro atoms. The number of benzene rings is 1. The Morgan fingerprint density at radius 3 is 1.96 bits per heavy atom. The number of likely N-dealkylation sites (N-methyl/N-ethyl adjacent to an activating group) is 1. The van der Waals surface area contributed by atoms with Gasteiger partial charge in [-0.15, -0.1) is 6.42 Å². The molecule has 0 fully saturated rings. The van der Waals surface area contributed by atoms with Crippen LogP contribution in [-0.4, -0.2) is 68.5 Å². The highest BCUT2D eigenvalue weighted by atomic mass is 16.4. The van der Waals surface area contributed by atoms with Crippen molar-refractivity contribution in [2.24, 2.45) is 0 Å². The third kappa shape index (κ3) is 9.99. The minimum Gasteiger partial charge on any atom is -0.481 e. The van der Waals surface area contributed by atoms with Crippen LogP contribution in [-0.2, 0) is 20.8 Å². The van der Waals surface area contributed by atoms with E-state index in [1.54, 1.807) is 0 Å². The molecule has 0 aliphatic heterocycles. The van der Waals surface area contributed by atoms with Gasteiger partial charge in [0.2, 0.25) is 0 Å². The van der Waals surface area contributed by atoms with E-state index < -0.39 is 36.4 Å². The summed E-state index contributed by atoms with van der Waals surface area (Å²) in [4.78, 5) is 32.7. The van der Waals surface area contributed by atoms with E-state index >= 15 is 0 Å².